The van der Waals surface area contributed by atoms with E-state index in [1.54, 1.807) is 0 Å². The van der Waals surface area contributed by atoms with E-state index in [9.17, 15) is 0 Å². The zero-order valence-electron chi connectivity index (χ0n) is 9.51. The van der Waals surface area contributed by atoms with Crippen LogP contribution in [0.15, 0.2) is 27.5 Å². The van der Waals surface area contributed by atoms with E-state index in [-0.39, 0.29) is 5.54 Å². The Morgan fingerprint density at radius 1 is 1.40 bits per heavy atom. The van der Waals surface area contributed by atoms with Crippen LogP contribution in [-0.2, 0) is 0 Å². The molecule has 0 saturated heterocycles. The van der Waals surface area contributed by atoms with Crippen LogP contribution >= 0.6 is 0 Å². The van der Waals surface area contributed by atoms with Gasteiger partial charge in [0.1, 0.15) is 0 Å². The van der Waals surface area contributed by atoms with E-state index in [1.807, 2.05) is 32.9 Å². The number of hydrogen-bond donors (Lipinski definition) is 0. The minimum absolute atomic E-state index is 0.233. The van der Waals surface area contributed by atoms with E-state index >= 15 is 0 Å². The van der Waals surface area contributed by atoms with Gasteiger partial charge >= 0.3 is 0 Å². The molecule has 0 aliphatic heterocycles. The Morgan fingerprint density at radius 3 is 2.60 bits per heavy atom. The topological polar surface area (TPSA) is 73.5 Å². The molecule has 0 aromatic heterocycles. The summed E-state index contributed by atoms with van der Waals surface area (Å²) in [6.45, 7) is 5.90. The van der Waals surface area contributed by atoms with Crippen LogP contribution in [0.2, 0.25) is 0 Å². The van der Waals surface area contributed by atoms with E-state index < -0.39 is 5.66 Å². The number of hydrogen-bond acceptors (Lipinski definition) is 3. The summed E-state index contributed by atoms with van der Waals surface area (Å²) in [4.78, 5) is 2.85. The summed E-state index contributed by atoms with van der Waals surface area (Å²) in [5, 5.41) is 12.1. The third-order valence-electron chi connectivity index (χ3n) is 2.04. The van der Waals surface area contributed by atoms with Gasteiger partial charge in [-0.3, -0.25) is 0 Å². The molecule has 82 valence electrons. The zero-order chi connectivity index (χ0) is 11.4. The van der Waals surface area contributed by atoms with Crippen molar-refractivity contribution in [1.29, 1.82) is 0 Å². The van der Waals surface area contributed by atoms with Crippen molar-refractivity contribution in [2.45, 2.75) is 51.2 Å². The first-order valence-electron chi connectivity index (χ1n) is 5.15. The molecule has 5 nitrogen and oxygen atoms in total. The molecular weight excluding hydrogens is 190 g/mol. The molecule has 0 aromatic carbocycles. The van der Waals surface area contributed by atoms with Crippen LogP contribution in [-0.4, -0.2) is 11.2 Å². The van der Waals surface area contributed by atoms with Crippen molar-refractivity contribution in [1.82, 2.24) is 0 Å². The Hall–Kier alpha value is -1.35. The van der Waals surface area contributed by atoms with Gasteiger partial charge < -0.3 is 0 Å². The highest BCUT2D eigenvalue weighted by Gasteiger charge is 2.27. The summed E-state index contributed by atoms with van der Waals surface area (Å²) in [6.07, 6.45) is 6.60. The fourth-order valence-electron chi connectivity index (χ4n) is 1.34. The Bertz CT molecular complexity index is 319. The Balaban J connectivity index is 2.92. The number of nitrogens with zero attached hydrogens (tertiary/aromatic N) is 5. The summed E-state index contributed by atoms with van der Waals surface area (Å²) in [5.41, 5.74) is 7.53. The lowest BCUT2D eigenvalue weighted by Crippen LogP contribution is -2.23. The minimum Gasteiger partial charge on any atom is -0.187 e. The maximum Gasteiger partial charge on any atom is 0.178 e. The smallest absolute Gasteiger partial charge is 0.178 e. The third-order valence-corrected chi connectivity index (χ3v) is 2.04. The van der Waals surface area contributed by atoms with Gasteiger partial charge in [0.15, 0.2) is 5.66 Å². The zero-order valence-corrected chi connectivity index (χ0v) is 9.51. The van der Waals surface area contributed by atoms with Crippen LogP contribution in [0.5, 0.6) is 0 Å². The standard InChI is InChI=1S/C10H17N5/c1-9(2,3)12-13-10(14-15-11)7-5-4-6-8-10/h5,7H,4,6,8H2,1-3H3. The van der Waals surface area contributed by atoms with Gasteiger partial charge in [-0.05, 0) is 45.6 Å². The average Bonchev–Trinajstić information content (AvgIpc) is 2.16. The second kappa shape index (κ2) is 4.45. The number of azide groups is 1. The quantitative estimate of drug-likeness (QED) is 0.284. The molecule has 0 amide bonds. The molecule has 0 N–H and O–H groups in total. The monoisotopic (exact) mass is 207 g/mol. The second-order valence-corrected chi connectivity index (χ2v) is 4.73. The number of rotatable bonds is 2. The van der Waals surface area contributed by atoms with Crippen LogP contribution in [0.3, 0.4) is 0 Å². The summed E-state index contributed by atoms with van der Waals surface area (Å²) < 4.78 is 0. The van der Waals surface area contributed by atoms with Crippen molar-refractivity contribution < 1.29 is 0 Å². The Morgan fingerprint density at radius 2 is 2.13 bits per heavy atom. The molecule has 0 bridgehead atoms. The molecule has 0 fully saturated rings. The lowest BCUT2D eigenvalue weighted by molar-refractivity contribution is 0.414. The maximum atomic E-state index is 8.54. The van der Waals surface area contributed by atoms with Gasteiger partial charge in [0.05, 0.1) is 5.54 Å². The van der Waals surface area contributed by atoms with Crippen molar-refractivity contribution in [2.24, 2.45) is 15.3 Å². The minimum atomic E-state index is -0.777. The van der Waals surface area contributed by atoms with Crippen LogP contribution in [0.25, 0.3) is 10.4 Å². The number of allylic oxidation sites excluding steroid dienone is 1. The SMILES string of the molecule is CC(C)(C)N=NC1(N=[N+]=[N-])C=CCCC1. The summed E-state index contributed by atoms with van der Waals surface area (Å²) >= 11 is 0. The molecule has 0 spiro atoms. The maximum absolute atomic E-state index is 8.54. The first-order chi connectivity index (χ1) is 6.97. The Kier molecular flexibility index (Phi) is 3.48. The van der Waals surface area contributed by atoms with E-state index in [0.29, 0.717) is 0 Å². The molecule has 1 atom stereocenters. The lowest BCUT2D eigenvalue weighted by Gasteiger charge is -2.23. The normalized spacial score (nSPS) is 26.6. The molecule has 0 aromatic rings. The van der Waals surface area contributed by atoms with Crippen LogP contribution < -0.4 is 0 Å². The van der Waals surface area contributed by atoms with E-state index in [2.05, 4.69) is 20.3 Å². The highest BCUT2D eigenvalue weighted by Crippen LogP contribution is 2.29. The van der Waals surface area contributed by atoms with E-state index in [0.717, 1.165) is 19.3 Å². The van der Waals surface area contributed by atoms with Crippen LogP contribution in [0, 0.1) is 0 Å². The molecule has 5 heteroatoms. The molecule has 1 unspecified atom stereocenters. The van der Waals surface area contributed by atoms with Crippen molar-refractivity contribution in [3.05, 3.63) is 22.6 Å². The molecule has 0 radical (unpaired) electrons. The van der Waals surface area contributed by atoms with Gasteiger partial charge in [-0.1, -0.05) is 17.3 Å². The number of azo groups is 1. The predicted octanol–water partition coefficient (Wildman–Crippen LogP) is 3.98. The van der Waals surface area contributed by atoms with E-state index in [1.165, 1.54) is 0 Å². The first-order valence-corrected chi connectivity index (χ1v) is 5.15. The summed E-state index contributed by atoms with van der Waals surface area (Å²) in [5.74, 6) is 0. The first kappa shape index (κ1) is 11.7. The molecular formula is C10H17N5. The lowest BCUT2D eigenvalue weighted by atomic mass is 9.98. The van der Waals surface area contributed by atoms with Crippen molar-refractivity contribution in [3.63, 3.8) is 0 Å². The second-order valence-electron chi connectivity index (χ2n) is 4.73. The van der Waals surface area contributed by atoms with Gasteiger partial charge in [0.25, 0.3) is 0 Å². The van der Waals surface area contributed by atoms with Gasteiger partial charge in [0, 0.05) is 4.91 Å². The highest BCUT2D eigenvalue weighted by atomic mass is 15.3. The fourth-order valence-corrected chi connectivity index (χ4v) is 1.34. The largest absolute Gasteiger partial charge is 0.187 e. The van der Waals surface area contributed by atoms with Crippen molar-refractivity contribution in [3.8, 4) is 0 Å². The van der Waals surface area contributed by atoms with Gasteiger partial charge in [-0.25, -0.2) is 0 Å². The summed E-state index contributed by atoms with van der Waals surface area (Å²) in [7, 11) is 0. The van der Waals surface area contributed by atoms with Crippen LogP contribution in [0.1, 0.15) is 40.0 Å². The fraction of sp³-hybridized carbons (Fsp3) is 0.800. The highest BCUT2D eigenvalue weighted by molar-refractivity contribution is 5.08. The summed E-state index contributed by atoms with van der Waals surface area (Å²) in [6, 6.07) is 0. The van der Waals surface area contributed by atoms with Crippen LogP contribution in [0.4, 0.5) is 0 Å². The molecule has 15 heavy (non-hydrogen) atoms. The Labute approximate surface area is 89.9 Å². The van der Waals surface area contributed by atoms with Crippen molar-refractivity contribution >= 4 is 0 Å². The van der Waals surface area contributed by atoms with Gasteiger partial charge in [-0.15, -0.1) is 0 Å². The molecule has 0 heterocycles. The average molecular weight is 207 g/mol. The van der Waals surface area contributed by atoms with Gasteiger partial charge in [0.2, 0.25) is 0 Å². The molecule has 0 saturated carbocycles. The van der Waals surface area contributed by atoms with E-state index in [4.69, 9.17) is 5.53 Å². The molecule has 1 aliphatic rings. The van der Waals surface area contributed by atoms with Crippen molar-refractivity contribution in [2.75, 3.05) is 0 Å². The third kappa shape index (κ3) is 3.72. The predicted molar refractivity (Wildman–Crippen MR) is 59.5 cm³/mol. The molecule has 1 rings (SSSR count). The molecule has 1 aliphatic carbocycles. The van der Waals surface area contributed by atoms with Gasteiger partial charge in [-0.2, -0.15) is 10.2 Å².